The first kappa shape index (κ1) is 15.9. The number of pyridine rings is 1. The summed E-state index contributed by atoms with van der Waals surface area (Å²) in [5.74, 6) is -1.11. The molecule has 1 aromatic rings. The van der Waals surface area contributed by atoms with Crippen LogP contribution in [0.25, 0.3) is 0 Å². The minimum absolute atomic E-state index is 0.0188. The van der Waals surface area contributed by atoms with Crippen LogP contribution in [0, 0.1) is 0 Å². The fourth-order valence-electron chi connectivity index (χ4n) is 1.39. The topological polar surface area (TPSA) is 68.3 Å². The second-order valence-electron chi connectivity index (χ2n) is 4.08. The van der Waals surface area contributed by atoms with Crippen LogP contribution in [-0.4, -0.2) is 30.0 Å². The van der Waals surface area contributed by atoms with E-state index in [9.17, 15) is 22.8 Å². The lowest BCUT2D eigenvalue weighted by Gasteiger charge is -2.12. The molecule has 0 aliphatic rings. The number of carbonyl (C=O) groups excluding carboxylic acids is 2. The van der Waals surface area contributed by atoms with E-state index < -0.39 is 29.8 Å². The Morgan fingerprint density at radius 2 is 2.05 bits per heavy atom. The highest BCUT2D eigenvalue weighted by Crippen LogP contribution is 2.27. The summed E-state index contributed by atoms with van der Waals surface area (Å²) in [6, 6.07) is 1.24. The van der Waals surface area contributed by atoms with Gasteiger partial charge in [-0.2, -0.15) is 13.2 Å². The molecule has 1 heterocycles. The predicted octanol–water partition coefficient (Wildman–Crippen LogP) is 1.78. The molecule has 8 heteroatoms. The van der Waals surface area contributed by atoms with Crippen LogP contribution in [0.1, 0.15) is 29.4 Å². The molecule has 0 saturated heterocycles. The molecule has 1 aromatic heterocycles. The molecule has 1 N–H and O–H groups in total. The average Bonchev–Trinajstić information content (AvgIpc) is 2.37. The maximum atomic E-state index is 12.3. The molecular weight excluding hydrogens is 277 g/mol. The molecule has 1 atom stereocenters. The second-order valence-corrected chi connectivity index (χ2v) is 4.08. The maximum Gasteiger partial charge on any atom is 0.433 e. The SMILES string of the molecule is COC(=O)CC(C)NC(=O)c1ccc(C(F)(F)F)nc1. The van der Waals surface area contributed by atoms with Gasteiger partial charge in [-0.15, -0.1) is 0 Å². The summed E-state index contributed by atoms with van der Waals surface area (Å²) in [6.07, 6.45) is -3.74. The van der Waals surface area contributed by atoms with Crippen molar-refractivity contribution in [1.29, 1.82) is 0 Å². The second kappa shape index (κ2) is 6.36. The fraction of sp³-hybridized carbons (Fsp3) is 0.417. The number of nitrogens with one attached hydrogen (secondary N) is 1. The normalized spacial score (nSPS) is 12.7. The van der Waals surface area contributed by atoms with Crippen molar-refractivity contribution in [3.63, 3.8) is 0 Å². The predicted molar refractivity (Wildman–Crippen MR) is 62.8 cm³/mol. The number of aromatic nitrogens is 1. The first-order valence-electron chi connectivity index (χ1n) is 5.65. The van der Waals surface area contributed by atoms with E-state index in [2.05, 4.69) is 15.0 Å². The lowest BCUT2D eigenvalue weighted by Crippen LogP contribution is -2.34. The molecule has 20 heavy (non-hydrogen) atoms. The van der Waals surface area contributed by atoms with Crippen molar-refractivity contribution >= 4 is 11.9 Å². The number of amides is 1. The van der Waals surface area contributed by atoms with E-state index in [1.807, 2.05) is 0 Å². The molecular formula is C12H13F3N2O3. The minimum atomic E-state index is -4.55. The molecule has 0 radical (unpaired) electrons. The number of halogens is 3. The zero-order valence-corrected chi connectivity index (χ0v) is 10.8. The van der Waals surface area contributed by atoms with Crippen LogP contribution in [0.3, 0.4) is 0 Å². The molecule has 1 rings (SSSR count). The van der Waals surface area contributed by atoms with Gasteiger partial charge in [0.2, 0.25) is 0 Å². The van der Waals surface area contributed by atoms with E-state index in [1.165, 1.54) is 7.11 Å². The summed E-state index contributed by atoms with van der Waals surface area (Å²) in [4.78, 5) is 25.9. The molecule has 0 aliphatic carbocycles. The Morgan fingerprint density at radius 1 is 1.40 bits per heavy atom. The van der Waals surface area contributed by atoms with Crippen LogP contribution >= 0.6 is 0 Å². The van der Waals surface area contributed by atoms with Gasteiger partial charge in [-0.1, -0.05) is 0 Å². The molecule has 110 valence electrons. The molecule has 0 saturated carbocycles. The third-order valence-corrected chi connectivity index (χ3v) is 2.39. The Labute approximate surface area is 113 Å². The fourth-order valence-corrected chi connectivity index (χ4v) is 1.39. The van der Waals surface area contributed by atoms with Crippen LogP contribution in [0.5, 0.6) is 0 Å². The number of hydrogen-bond acceptors (Lipinski definition) is 4. The van der Waals surface area contributed by atoms with Crippen molar-refractivity contribution in [3.8, 4) is 0 Å². The van der Waals surface area contributed by atoms with Crippen molar-refractivity contribution in [1.82, 2.24) is 10.3 Å². The summed E-state index contributed by atoms with van der Waals surface area (Å²) in [6.45, 7) is 1.58. The van der Waals surface area contributed by atoms with E-state index in [0.717, 1.165) is 18.3 Å². The van der Waals surface area contributed by atoms with E-state index in [1.54, 1.807) is 6.92 Å². The van der Waals surface area contributed by atoms with Gasteiger partial charge in [0.05, 0.1) is 19.1 Å². The highest BCUT2D eigenvalue weighted by molar-refractivity contribution is 5.94. The maximum absolute atomic E-state index is 12.3. The summed E-state index contributed by atoms with van der Waals surface area (Å²) in [5, 5.41) is 2.46. The number of esters is 1. The molecule has 0 bridgehead atoms. The number of methoxy groups -OCH3 is 1. The van der Waals surface area contributed by atoms with E-state index >= 15 is 0 Å². The summed E-state index contributed by atoms with van der Waals surface area (Å²) < 4.78 is 41.3. The Bertz CT molecular complexity index is 486. The van der Waals surface area contributed by atoms with Crippen LogP contribution < -0.4 is 5.32 Å². The Kier molecular flexibility index (Phi) is 5.06. The van der Waals surface area contributed by atoms with Crippen molar-refractivity contribution in [3.05, 3.63) is 29.6 Å². The van der Waals surface area contributed by atoms with Crippen LogP contribution in [-0.2, 0) is 15.7 Å². The lowest BCUT2D eigenvalue weighted by atomic mass is 10.2. The Balaban J connectivity index is 2.66. The zero-order valence-electron chi connectivity index (χ0n) is 10.8. The molecule has 1 unspecified atom stereocenters. The van der Waals surface area contributed by atoms with E-state index in [4.69, 9.17) is 0 Å². The summed E-state index contributed by atoms with van der Waals surface area (Å²) >= 11 is 0. The highest BCUT2D eigenvalue weighted by Gasteiger charge is 2.32. The largest absolute Gasteiger partial charge is 0.469 e. The summed E-state index contributed by atoms with van der Waals surface area (Å²) in [7, 11) is 1.22. The van der Waals surface area contributed by atoms with Gasteiger partial charge >= 0.3 is 12.1 Å². The minimum Gasteiger partial charge on any atom is -0.469 e. The smallest absolute Gasteiger partial charge is 0.433 e. The van der Waals surface area contributed by atoms with Crippen molar-refractivity contribution < 1.29 is 27.5 Å². The number of carbonyl (C=O) groups is 2. The number of hydrogen-bond donors (Lipinski definition) is 1. The molecule has 0 fully saturated rings. The molecule has 0 spiro atoms. The van der Waals surface area contributed by atoms with Gasteiger partial charge in [0.1, 0.15) is 5.69 Å². The number of nitrogens with zero attached hydrogens (tertiary/aromatic N) is 1. The third kappa shape index (κ3) is 4.52. The Morgan fingerprint density at radius 3 is 2.50 bits per heavy atom. The monoisotopic (exact) mass is 290 g/mol. The van der Waals surface area contributed by atoms with Crippen molar-refractivity contribution in [2.24, 2.45) is 0 Å². The number of alkyl halides is 3. The highest BCUT2D eigenvalue weighted by atomic mass is 19.4. The van der Waals surface area contributed by atoms with Crippen molar-refractivity contribution in [2.45, 2.75) is 25.6 Å². The van der Waals surface area contributed by atoms with Gasteiger partial charge in [-0.3, -0.25) is 14.6 Å². The van der Waals surface area contributed by atoms with Crippen LogP contribution in [0.4, 0.5) is 13.2 Å². The summed E-state index contributed by atoms with van der Waals surface area (Å²) in [5.41, 5.74) is -1.09. The van der Waals surface area contributed by atoms with Gasteiger partial charge in [-0.05, 0) is 19.1 Å². The molecule has 0 aromatic carbocycles. The Hall–Kier alpha value is -2.12. The van der Waals surface area contributed by atoms with E-state index in [0.29, 0.717) is 0 Å². The standard InChI is InChI=1S/C12H13F3N2O3/c1-7(5-10(18)20-2)17-11(19)8-3-4-9(16-6-8)12(13,14)15/h3-4,6-7H,5H2,1-2H3,(H,17,19). The first-order valence-corrected chi connectivity index (χ1v) is 5.65. The first-order chi connectivity index (χ1) is 9.24. The average molecular weight is 290 g/mol. The van der Waals surface area contributed by atoms with Crippen molar-refractivity contribution in [2.75, 3.05) is 7.11 Å². The van der Waals surface area contributed by atoms with Crippen LogP contribution in [0.15, 0.2) is 18.3 Å². The zero-order chi connectivity index (χ0) is 15.3. The number of ether oxygens (including phenoxy) is 1. The molecule has 5 nitrogen and oxygen atoms in total. The molecule has 0 aliphatic heterocycles. The van der Waals surface area contributed by atoms with Gasteiger partial charge in [0, 0.05) is 12.2 Å². The van der Waals surface area contributed by atoms with Crippen LogP contribution in [0.2, 0.25) is 0 Å². The van der Waals surface area contributed by atoms with Gasteiger partial charge in [0.15, 0.2) is 0 Å². The van der Waals surface area contributed by atoms with Gasteiger partial charge in [-0.25, -0.2) is 0 Å². The van der Waals surface area contributed by atoms with E-state index in [-0.39, 0.29) is 12.0 Å². The number of rotatable bonds is 4. The van der Waals surface area contributed by atoms with Gasteiger partial charge < -0.3 is 10.1 Å². The molecule has 1 amide bonds. The third-order valence-electron chi connectivity index (χ3n) is 2.39. The quantitative estimate of drug-likeness (QED) is 0.858. The van der Waals surface area contributed by atoms with Gasteiger partial charge in [0.25, 0.3) is 5.91 Å². The lowest BCUT2D eigenvalue weighted by molar-refractivity contribution is -0.142.